The van der Waals surface area contributed by atoms with Crippen molar-refractivity contribution in [1.82, 2.24) is 9.71 Å². The van der Waals surface area contributed by atoms with Crippen LogP contribution in [0.3, 0.4) is 0 Å². The lowest BCUT2D eigenvalue weighted by Crippen LogP contribution is -2.26. The number of anilines is 3. The largest absolute Gasteiger partial charge is 0.398 e. The van der Waals surface area contributed by atoms with E-state index in [1.165, 1.54) is 7.05 Å². The molecular weight excluding hydrogens is 436 g/mol. The number of hydrogen-bond donors (Lipinski definition) is 4. The maximum absolute atomic E-state index is 11.7. The van der Waals surface area contributed by atoms with Gasteiger partial charge in [0.15, 0.2) is 0 Å². The highest BCUT2D eigenvalue weighted by molar-refractivity contribution is 7.89. The lowest BCUT2D eigenvalue weighted by molar-refractivity contribution is 0.588. The zero-order chi connectivity index (χ0) is 23.5. The molecule has 0 aliphatic heterocycles. The van der Waals surface area contributed by atoms with E-state index in [0.29, 0.717) is 12.2 Å². The molecule has 3 rings (SSSR count). The van der Waals surface area contributed by atoms with Crippen molar-refractivity contribution >= 4 is 39.0 Å². The van der Waals surface area contributed by atoms with Crippen molar-refractivity contribution in [2.75, 3.05) is 30.0 Å². The summed E-state index contributed by atoms with van der Waals surface area (Å²) < 4.78 is 25.8. The highest BCUT2D eigenvalue weighted by Crippen LogP contribution is 2.27. The van der Waals surface area contributed by atoms with Crippen molar-refractivity contribution in [1.29, 1.82) is 0 Å². The summed E-state index contributed by atoms with van der Waals surface area (Å²) >= 11 is 0. The van der Waals surface area contributed by atoms with Gasteiger partial charge < -0.3 is 16.4 Å². The first-order valence-corrected chi connectivity index (χ1v) is 12.1. The van der Waals surface area contributed by atoms with Gasteiger partial charge in [-0.15, -0.1) is 0 Å². The summed E-state index contributed by atoms with van der Waals surface area (Å²) in [5.41, 5.74) is 11.2. The van der Waals surface area contributed by atoms with Gasteiger partial charge in [0, 0.05) is 53.5 Å². The monoisotopic (exact) mass is 464 g/mol. The van der Waals surface area contributed by atoms with Gasteiger partial charge in [0.2, 0.25) is 10.0 Å². The average molecular weight is 465 g/mol. The first-order chi connectivity index (χ1) is 16.0. The Morgan fingerprint density at radius 2 is 1.91 bits per heavy atom. The van der Waals surface area contributed by atoms with E-state index in [9.17, 15) is 8.42 Å². The molecule has 8 nitrogen and oxygen atoms in total. The molecular formula is C24H28N6O2S. The fourth-order valence-electron chi connectivity index (χ4n) is 3.00. The van der Waals surface area contributed by atoms with Crippen LogP contribution >= 0.6 is 0 Å². The third-order valence-corrected chi connectivity index (χ3v) is 6.11. The van der Waals surface area contributed by atoms with Crippen LogP contribution in [0.5, 0.6) is 0 Å². The molecule has 0 spiro atoms. The van der Waals surface area contributed by atoms with Crippen LogP contribution in [-0.4, -0.2) is 39.0 Å². The van der Waals surface area contributed by atoms with Crippen molar-refractivity contribution in [3.63, 3.8) is 0 Å². The normalized spacial score (nSPS) is 12.1. The minimum absolute atomic E-state index is 0.0524. The smallest absolute Gasteiger partial charge is 0.213 e. The summed E-state index contributed by atoms with van der Waals surface area (Å²) in [4.78, 5) is 8.46. The number of aliphatic imine (C=N–C) groups is 1. The van der Waals surface area contributed by atoms with Gasteiger partial charge in [0.25, 0.3) is 0 Å². The first kappa shape index (κ1) is 24.0. The molecule has 0 radical (unpaired) electrons. The molecule has 0 aliphatic carbocycles. The van der Waals surface area contributed by atoms with Crippen molar-refractivity contribution in [2.24, 2.45) is 10.7 Å². The molecule has 33 heavy (non-hydrogen) atoms. The Morgan fingerprint density at radius 1 is 1.09 bits per heavy atom. The molecule has 9 heteroatoms. The molecule has 5 N–H and O–H groups in total. The minimum Gasteiger partial charge on any atom is -0.398 e. The Kier molecular flexibility index (Phi) is 8.56. The van der Waals surface area contributed by atoms with Crippen LogP contribution in [0.1, 0.15) is 11.1 Å². The standard InChI is InChI=1S/C24H28N6O2S/c1-26-33(31,32)15-14-29-24-10-9-21(30-20-7-3-2-4-8-20)16-22(24)23(25)11-13-28-18-19-6-5-12-27-17-19/h2-13,16-17,26,29-30H,14-15,18,25H2,1H3/b23-11-,28-13?. The lowest BCUT2D eigenvalue weighted by atomic mass is 10.1. The first-order valence-electron chi connectivity index (χ1n) is 10.4. The zero-order valence-corrected chi connectivity index (χ0v) is 19.2. The maximum atomic E-state index is 11.7. The summed E-state index contributed by atoms with van der Waals surface area (Å²) in [5, 5.41) is 6.52. The Bertz CT molecular complexity index is 1200. The van der Waals surface area contributed by atoms with Gasteiger partial charge in [-0.2, -0.15) is 0 Å². The van der Waals surface area contributed by atoms with Crippen LogP contribution in [0.15, 0.2) is 84.1 Å². The molecule has 0 atom stereocenters. The van der Waals surface area contributed by atoms with E-state index in [0.717, 1.165) is 28.2 Å². The second-order valence-corrected chi connectivity index (χ2v) is 9.22. The number of sulfonamides is 1. The van der Waals surface area contributed by atoms with Crippen molar-refractivity contribution in [2.45, 2.75) is 6.54 Å². The van der Waals surface area contributed by atoms with E-state index in [1.54, 1.807) is 24.7 Å². The van der Waals surface area contributed by atoms with E-state index in [1.807, 2.05) is 60.7 Å². The number of benzene rings is 2. The number of aromatic nitrogens is 1. The summed E-state index contributed by atoms with van der Waals surface area (Å²) in [6.07, 6.45) is 6.88. The van der Waals surface area contributed by atoms with Gasteiger partial charge in [-0.1, -0.05) is 24.3 Å². The topological polar surface area (TPSA) is 122 Å². The Balaban J connectivity index is 1.79. The van der Waals surface area contributed by atoms with Gasteiger partial charge >= 0.3 is 0 Å². The van der Waals surface area contributed by atoms with Crippen LogP contribution in [0, 0.1) is 0 Å². The van der Waals surface area contributed by atoms with E-state index in [-0.39, 0.29) is 12.3 Å². The SMILES string of the molecule is CNS(=O)(=O)CCNc1ccc(Nc2ccccc2)cc1/C(N)=C/C=NCc1cccnc1. The van der Waals surface area contributed by atoms with Crippen LogP contribution in [0.25, 0.3) is 5.70 Å². The molecule has 0 saturated heterocycles. The number of pyridine rings is 1. The van der Waals surface area contributed by atoms with Gasteiger partial charge in [-0.25, -0.2) is 13.1 Å². The molecule has 0 aliphatic rings. The van der Waals surface area contributed by atoms with Crippen molar-refractivity contribution in [3.8, 4) is 0 Å². The lowest BCUT2D eigenvalue weighted by Gasteiger charge is -2.15. The third kappa shape index (κ3) is 7.74. The number of nitrogens with zero attached hydrogens (tertiary/aromatic N) is 2. The summed E-state index contributed by atoms with van der Waals surface area (Å²) in [6.45, 7) is 0.740. The van der Waals surface area contributed by atoms with Gasteiger partial charge in [-0.3, -0.25) is 9.98 Å². The number of nitrogens with two attached hydrogens (primary N) is 1. The van der Waals surface area contributed by atoms with Gasteiger partial charge in [0.1, 0.15) is 0 Å². The van der Waals surface area contributed by atoms with E-state index < -0.39 is 10.0 Å². The van der Waals surface area contributed by atoms with Crippen LogP contribution < -0.4 is 21.1 Å². The van der Waals surface area contributed by atoms with Crippen molar-refractivity contribution < 1.29 is 8.42 Å². The maximum Gasteiger partial charge on any atom is 0.213 e. The van der Waals surface area contributed by atoms with Gasteiger partial charge in [-0.05, 0) is 55.1 Å². The second-order valence-electron chi connectivity index (χ2n) is 7.17. The molecule has 0 saturated carbocycles. The molecule has 172 valence electrons. The van der Waals surface area contributed by atoms with Crippen molar-refractivity contribution in [3.05, 3.63) is 90.3 Å². The van der Waals surface area contributed by atoms with Crippen LogP contribution in [-0.2, 0) is 16.6 Å². The number of hydrogen-bond acceptors (Lipinski definition) is 7. The van der Waals surface area contributed by atoms with Crippen LogP contribution in [0.4, 0.5) is 17.1 Å². The predicted molar refractivity (Wildman–Crippen MR) is 136 cm³/mol. The summed E-state index contributed by atoms with van der Waals surface area (Å²) in [6, 6.07) is 19.3. The number of para-hydroxylation sites is 1. The highest BCUT2D eigenvalue weighted by Gasteiger charge is 2.10. The zero-order valence-electron chi connectivity index (χ0n) is 18.4. The molecule has 2 aromatic carbocycles. The molecule has 0 amide bonds. The molecule has 3 aromatic rings. The summed E-state index contributed by atoms with van der Waals surface area (Å²) in [5.74, 6) is -0.0524. The quantitative estimate of drug-likeness (QED) is 0.323. The van der Waals surface area contributed by atoms with E-state index in [4.69, 9.17) is 5.73 Å². The van der Waals surface area contributed by atoms with Gasteiger partial charge in [0.05, 0.1) is 12.3 Å². The van der Waals surface area contributed by atoms with E-state index in [2.05, 4.69) is 25.3 Å². The van der Waals surface area contributed by atoms with Crippen LogP contribution in [0.2, 0.25) is 0 Å². The molecule has 0 bridgehead atoms. The molecule has 0 fully saturated rings. The minimum atomic E-state index is -3.31. The second kappa shape index (κ2) is 11.8. The molecule has 1 aromatic heterocycles. The number of rotatable bonds is 11. The average Bonchev–Trinajstić information content (AvgIpc) is 2.83. The predicted octanol–water partition coefficient (Wildman–Crippen LogP) is 3.36. The Morgan fingerprint density at radius 3 is 2.64 bits per heavy atom. The third-order valence-electron chi connectivity index (χ3n) is 4.75. The van der Waals surface area contributed by atoms with E-state index >= 15 is 0 Å². The number of nitrogens with one attached hydrogen (secondary N) is 3. The fraction of sp³-hybridized carbons (Fsp3) is 0.167. The Hall–Kier alpha value is -3.69. The summed E-state index contributed by atoms with van der Waals surface area (Å²) in [7, 11) is -1.91. The molecule has 0 unspecified atom stereocenters. The molecule has 1 heterocycles. The Labute approximate surface area is 194 Å². The highest BCUT2D eigenvalue weighted by atomic mass is 32.2. The number of allylic oxidation sites excluding steroid dienone is 1. The fourth-order valence-corrected chi connectivity index (χ4v) is 3.57.